The number of aryl methyl sites for hydroxylation is 1. The third kappa shape index (κ3) is 3.52. The Labute approximate surface area is 122 Å². The molecule has 1 aromatic carbocycles. The van der Waals surface area contributed by atoms with Crippen LogP contribution in [0.4, 0.5) is 0 Å². The van der Waals surface area contributed by atoms with E-state index < -0.39 is 0 Å². The Hall–Kier alpha value is -1.53. The lowest BCUT2D eigenvalue weighted by atomic mass is 10.3. The smallest absolute Gasteiger partial charge is 0.230 e. The molecule has 1 aromatic heterocycles. The SMILES string of the molecule is CCCn1c(SCC(=O)NCCN)nc2ccccc21. The first kappa shape index (κ1) is 14.9. The Morgan fingerprint density at radius 3 is 3.00 bits per heavy atom. The summed E-state index contributed by atoms with van der Waals surface area (Å²) in [5.74, 6) is 0.364. The molecule has 20 heavy (non-hydrogen) atoms. The van der Waals surface area contributed by atoms with Gasteiger partial charge in [-0.1, -0.05) is 30.8 Å². The predicted molar refractivity (Wildman–Crippen MR) is 82.8 cm³/mol. The molecule has 1 heterocycles. The number of nitrogens with two attached hydrogens (primary N) is 1. The molecule has 0 unspecified atom stereocenters. The summed E-state index contributed by atoms with van der Waals surface area (Å²) >= 11 is 1.47. The fourth-order valence-corrected chi connectivity index (χ4v) is 2.87. The molecule has 1 amide bonds. The normalized spacial score (nSPS) is 10.9. The molecule has 0 aliphatic carbocycles. The maximum Gasteiger partial charge on any atom is 0.230 e. The molecule has 0 fully saturated rings. The summed E-state index contributed by atoms with van der Waals surface area (Å²) in [4.78, 5) is 16.2. The Bertz CT molecular complexity index is 582. The molecule has 6 heteroatoms. The Morgan fingerprint density at radius 2 is 2.25 bits per heavy atom. The molecular weight excluding hydrogens is 272 g/mol. The first-order chi connectivity index (χ1) is 9.76. The van der Waals surface area contributed by atoms with Gasteiger partial charge in [0, 0.05) is 19.6 Å². The van der Waals surface area contributed by atoms with Crippen molar-refractivity contribution < 1.29 is 4.79 Å². The number of amides is 1. The van der Waals surface area contributed by atoms with Crippen molar-refractivity contribution >= 4 is 28.7 Å². The lowest BCUT2D eigenvalue weighted by molar-refractivity contribution is -0.118. The third-order valence-corrected chi connectivity index (χ3v) is 3.84. The number of nitrogens with one attached hydrogen (secondary N) is 1. The van der Waals surface area contributed by atoms with Crippen LogP contribution in [0.3, 0.4) is 0 Å². The van der Waals surface area contributed by atoms with Crippen LogP contribution in [0.15, 0.2) is 29.4 Å². The fraction of sp³-hybridized carbons (Fsp3) is 0.429. The second-order valence-corrected chi connectivity index (χ2v) is 5.40. The molecule has 0 atom stereocenters. The van der Waals surface area contributed by atoms with Crippen molar-refractivity contribution in [1.29, 1.82) is 0 Å². The zero-order valence-corrected chi connectivity index (χ0v) is 12.4. The van der Waals surface area contributed by atoms with Crippen LogP contribution < -0.4 is 11.1 Å². The summed E-state index contributed by atoms with van der Waals surface area (Å²) in [6, 6.07) is 8.06. The zero-order valence-electron chi connectivity index (χ0n) is 11.6. The number of carbonyl (C=O) groups excluding carboxylic acids is 1. The minimum absolute atomic E-state index is 0.00412. The predicted octanol–water partition coefficient (Wildman–Crippen LogP) is 1.61. The Morgan fingerprint density at radius 1 is 1.45 bits per heavy atom. The van der Waals surface area contributed by atoms with E-state index in [1.807, 2.05) is 18.2 Å². The van der Waals surface area contributed by atoms with Gasteiger partial charge in [-0.25, -0.2) is 4.98 Å². The molecule has 0 spiro atoms. The number of fused-ring (bicyclic) bond motifs is 1. The Kier molecular flexibility index (Phi) is 5.43. The molecule has 0 saturated heterocycles. The number of thioether (sulfide) groups is 1. The largest absolute Gasteiger partial charge is 0.354 e. The summed E-state index contributed by atoms with van der Waals surface area (Å²) in [7, 11) is 0. The molecular formula is C14H20N4OS. The van der Waals surface area contributed by atoms with Gasteiger partial charge in [-0.15, -0.1) is 0 Å². The third-order valence-electron chi connectivity index (χ3n) is 2.87. The second kappa shape index (κ2) is 7.31. The van der Waals surface area contributed by atoms with Gasteiger partial charge in [-0.3, -0.25) is 4.79 Å². The van der Waals surface area contributed by atoms with Gasteiger partial charge >= 0.3 is 0 Å². The van der Waals surface area contributed by atoms with E-state index in [0.29, 0.717) is 18.8 Å². The summed E-state index contributed by atoms with van der Waals surface area (Å²) in [6.45, 7) is 4.03. The monoisotopic (exact) mass is 292 g/mol. The first-order valence-corrected chi connectivity index (χ1v) is 7.79. The van der Waals surface area contributed by atoms with Crippen LogP contribution in [0.1, 0.15) is 13.3 Å². The fourth-order valence-electron chi connectivity index (χ4n) is 2.00. The summed E-state index contributed by atoms with van der Waals surface area (Å²) in [5.41, 5.74) is 7.46. The summed E-state index contributed by atoms with van der Waals surface area (Å²) < 4.78 is 2.18. The number of aromatic nitrogens is 2. The zero-order chi connectivity index (χ0) is 14.4. The maximum absolute atomic E-state index is 11.6. The average Bonchev–Trinajstić information content (AvgIpc) is 2.81. The van der Waals surface area contributed by atoms with Crippen LogP contribution in [0.25, 0.3) is 11.0 Å². The van der Waals surface area contributed by atoms with Crippen molar-refractivity contribution in [2.75, 3.05) is 18.8 Å². The van der Waals surface area contributed by atoms with Crippen LogP contribution in [-0.4, -0.2) is 34.3 Å². The number of carbonyl (C=O) groups is 1. The summed E-state index contributed by atoms with van der Waals surface area (Å²) in [6.07, 6.45) is 1.04. The van der Waals surface area contributed by atoms with Crippen molar-refractivity contribution in [2.24, 2.45) is 5.73 Å². The van der Waals surface area contributed by atoms with Gasteiger partial charge in [0.05, 0.1) is 16.8 Å². The molecule has 2 aromatic rings. The van der Waals surface area contributed by atoms with Gasteiger partial charge in [0.2, 0.25) is 5.91 Å². The average molecular weight is 292 g/mol. The van der Waals surface area contributed by atoms with Crippen molar-refractivity contribution in [3.8, 4) is 0 Å². The molecule has 0 radical (unpaired) electrons. The van der Waals surface area contributed by atoms with Crippen molar-refractivity contribution in [2.45, 2.75) is 25.0 Å². The molecule has 108 valence electrons. The molecule has 2 rings (SSSR count). The molecule has 0 aliphatic rings. The van der Waals surface area contributed by atoms with Crippen molar-refractivity contribution in [3.63, 3.8) is 0 Å². The number of rotatable bonds is 7. The quantitative estimate of drug-likeness (QED) is 0.761. The van der Waals surface area contributed by atoms with Gasteiger partial charge in [-0.05, 0) is 18.6 Å². The van der Waals surface area contributed by atoms with Crippen LogP contribution in [0.2, 0.25) is 0 Å². The number of benzene rings is 1. The van der Waals surface area contributed by atoms with E-state index in [4.69, 9.17) is 5.73 Å². The van der Waals surface area contributed by atoms with Gasteiger partial charge in [0.15, 0.2) is 5.16 Å². The maximum atomic E-state index is 11.6. The molecule has 0 aliphatic heterocycles. The van der Waals surface area contributed by atoms with Crippen LogP contribution in [0, 0.1) is 0 Å². The number of hydrogen-bond acceptors (Lipinski definition) is 4. The van der Waals surface area contributed by atoms with Crippen LogP contribution in [-0.2, 0) is 11.3 Å². The molecule has 0 bridgehead atoms. The molecule has 5 nitrogen and oxygen atoms in total. The number of imidazole rings is 1. The van der Waals surface area contributed by atoms with Crippen LogP contribution >= 0.6 is 11.8 Å². The van der Waals surface area contributed by atoms with Gasteiger partial charge in [0.25, 0.3) is 0 Å². The second-order valence-electron chi connectivity index (χ2n) is 4.46. The van der Waals surface area contributed by atoms with E-state index in [-0.39, 0.29) is 5.91 Å². The molecule has 0 saturated carbocycles. The van der Waals surface area contributed by atoms with Crippen molar-refractivity contribution in [1.82, 2.24) is 14.9 Å². The van der Waals surface area contributed by atoms with E-state index in [9.17, 15) is 4.79 Å². The van der Waals surface area contributed by atoms with E-state index in [1.54, 1.807) is 0 Å². The van der Waals surface area contributed by atoms with E-state index in [2.05, 4.69) is 27.9 Å². The number of nitrogens with zero attached hydrogens (tertiary/aromatic N) is 2. The highest BCUT2D eigenvalue weighted by molar-refractivity contribution is 7.99. The first-order valence-electron chi connectivity index (χ1n) is 6.81. The molecule has 3 N–H and O–H groups in total. The van der Waals surface area contributed by atoms with Gasteiger partial charge < -0.3 is 15.6 Å². The minimum Gasteiger partial charge on any atom is -0.354 e. The topological polar surface area (TPSA) is 72.9 Å². The van der Waals surface area contributed by atoms with Gasteiger partial charge in [0.1, 0.15) is 0 Å². The lowest BCUT2D eigenvalue weighted by Crippen LogP contribution is -2.30. The van der Waals surface area contributed by atoms with Gasteiger partial charge in [-0.2, -0.15) is 0 Å². The highest BCUT2D eigenvalue weighted by atomic mass is 32.2. The van der Waals surface area contributed by atoms with E-state index in [0.717, 1.165) is 29.2 Å². The van der Waals surface area contributed by atoms with E-state index >= 15 is 0 Å². The van der Waals surface area contributed by atoms with E-state index in [1.165, 1.54) is 11.8 Å². The standard InChI is InChI=1S/C14H20N4OS/c1-2-9-18-12-6-4-3-5-11(12)17-14(18)20-10-13(19)16-8-7-15/h3-6H,2,7-10,15H2,1H3,(H,16,19). The summed E-state index contributed by atoms with van der Waals surface area (Å²) in [5, 5.41) is 3.67. The number of hydrogen-bond donors (Lipinski definition) is 2. The highest BCUT2D eigenvalue weighted by Crippen LogP contribution is 2.24. The highest BCUT2D eigenvalue weighted by Gasteiger charge is 2.11. The Balaban J connectivity index is 2.12. The minimum atomic E-state index is -0.00412. The number of para-hydroxylation sites is 2. The lowest BCUT2D eigenvalue weighted by Gasteiger charge is -2.07. The van der Waals surface area contributed by atoms with Crippen molar-refractivity contribution in [3.05, 3.63) is 24.3 Å². The van der Waals surface area contributed by atoms with Crippen LogP contribution in [0.5, 0.6) is 0 Å².